The maximum absolute atomic E-state index is 12.3. The Morgan fingerprint density at radius 1 is 1.27 bits per heavy atom. The zero-order valence-corrected chi connectivity index (χ0v) is 18.5. The van der Waals surface area contributed by atoms with Crippen molar-refractivity contribution in [3.8, 4) is 0 Å². The highest BCUT2D eigenvalue weighted by Crippen LogP contribution is 2.17. The van der Waals surface area contributed by atoms with Gasteiger partial charge in [-0.1, -0.05) is 18.2 Å². The minimum absolute atomic E-state index is 0.0616. The van der Waals surface area contributed by atoms with Gasteiger partial charge in [0.2, 0.25) is 0 Å². The number of aryl methyl sites for hydroxylation is 1. The number of hydrogen-bond acceptors (Lipinski definition) is 8. The predicted molar refractivity (Wildman–Crippen MR) is 117 cm³/mol. The SMILES string of the molecule is Cc1ccc(CON(CCO)CCO)cc1C[C@@H](CC(=O)OC(C)(C)C)NBC=O. The summed E-state index contributed by atoms with van der Waals surface area (Å²) in [5, 5.41) is 22.8. The number of aliphatic hydroxyl groups excluding tert-OH is 2. The minimum atomic E-state index is -0.561. The van der Waals surface area contributed by atoms with E-state index in [0.29, 0.717) is 26.1 Å². The van der Waals surface area contributed by atoms with Crippen molar-refractivity contribution >= 4 is 19.6 Å². The summed E-state index contributed by atoms with van der Waals surface area (Å²) in [4.78, 5) is 28.7. The molecule has 0 aromatic heterocycles. The highest BCUT2D eigenvalue weighted by molar-refractivity contribution is 6.64. The zero-order chi connectivity index (χ0) is 22.6. The molecule has 9 heteroatoms. The summed E-state index contributed by atoms with van der Waals surface area (Å²) in [6, 6.07) is 5.72. The monoisotopic (exact) mass is 422 g/mol. The van der Waals surface area contributed by atoms with Crippen LogP contribution in [0, 0.1) is 6.92 Å². The summed E-state index contributed by atoms with van der Waals surface area (Å²) in [7, 11) is 0.159. The van der Waals surface area contributed by atoms with E-state index < -0.39 is 5.60 Å². The number of hydroxylamine groups is 2. The van der Waals surface area contributed by atoms with Gasteiger partial charge in [-0.05, 0) is 50.8 Å². The van der Waals surface area contributed by atoms with Crippen LogP contribution in [-0.2, 0) is 32.2 Å². The first-order valence-corrected chi connectivity index (χ1v) is 10.2. The molecule has 168 valence electrons. The number of hydrogen-bond donors (Lipinski definition) is 3. The fraction of sp³-hybridized carbons (Fsp3) is 0.619. The van der Waals surface area contributed by atoms with Gasteiger partial charge in [0.15, 0.2) is 0 Å². The van der Waals surface area contributed by atoms with Crippen molar-refractivity contribution in [2.24, 2.45) is 0 Å². The van der Waals surface area contributed by atoms with Gasteiger partial charge in [-0.15, -0.1) is 0 Å². The normalized spacial score (nSPS) is 12.6. The molecule has 0 radical (unpaired) electrons. The first-order valence-electron chi connectivity index (χ1n) is 10.2. The van der Waals surface area contributed by atoms with E-state index in [0.717, 1.165) is 22.9 Å². The van der Waals surface area contributed by atoms with Crippen molar-refractivity contribution in [3.63, 3.8) is 0 Å². The summed E-state index contributed by atoms with van der Waals surface area (Å²) < 4.78 is 5.42. The number of esters is 1. The molecule has 1 aromatic carbocycles. The molecule has 3 N–H and O–H groups in total. The summed E-state index contributed by atoms with van der Waals surface area (Å²) in [5.74, 6) is -0.313. The topological polar surface area (TPSA) is 108 Å². The zero-order valence-electron chi connectivity index (χ0n) is 18.5. The third-order valence-electron chi connectivity index (χ3n) is 4.32. The number of nitrogens with zero attached hydrogens (tertiary/aromatic N) is 1. The van der Waals surface area contributed by atoms with Crippen molar-refractivity contribution in [3.05, 3.63) is 34.9 Å². The van der Waals surface area contributed by atoms with Gasteiger partial charge in [-0.3, -0.25) is 9.63 Å². The highest BCUT2D eigenvalue weighted by atomic mass is 16.7. The quantitative estimate of drug-likeness (QED) is 0.172. The van der Waals surface area contributed by atoms with Crippen LogP contribution in [0.15, 0.2) is 18.2 Å². The first kappa shape index (κ1) is 26.3. The summed E-state index contributed by atoms with van der Waals surface area (Å²) in [5.41, 5.74) is 2.49. The lowest BCUT2D eigenvalue weighted by atomic mass is 9.91. The van der Waals surface area contributed by atoms with Crippen molar-refractivity contribution in [1.82, 2.24) is 10.3 Å². The highest BCUT2D eigenvalue weighted by Gasteiger charge is 2.21. The van der Waals surface area contributed by atoms with Gasteiger partial charge in [-0.25, -0.2) is 0 Å². The molecular weight excluding hydrogens is 387 g/mol. The van der Waals surface area contributed by atoms with Crippen molar-refractivity contribution in [2.75, 3.05) is 26.3 Å². The Kier molecular flexibility index (Phi) is 11.8. The Morgan fingerprint density at radius 2 is 1.93 bits per heavy atom. The van der Waals surface area contributed by atoms with Crippen LogP contribution in [0.3, 0.4) is 0 Å². The number of carbonyl (C=O) groups is 2. The third kappa shape index (κ3) is 10.8. The summed E-state index contributed by atoms with van der Waals surface area (Å²) in [6.45, 7) is 8.26. The molecule has 0 saturated heterocycles. The van der Waals surface area contributed by atoms with Crippen LogP contribution in [0.4, 0.5) is 0 Å². The second kappa shape index (κ2) is 13.5. The standard InChI is InChI=1S/C21H35BN2O6/c1-16-5-6-17(14-29-24(7-9-25)8-10-26)11-18(16)12-19(23-22-15-27)13-20(28)30-21(2,3)4/h5-6,11,15,19,22-23,25-26H,7-10,12-14H2,1-4H3/t19-/m0/s1. The molecule has 0 aliphatic rings. The lowest BCUT2D eigenvalue weighted by Crippen LogP contribution is -2.38. The van der Waals surface area contributed by atoms with Gasteiger partial charge in [-0.2, -0.15) is 5.06 Å². The van der Waals surface area contributed by atoms with Crippen molar-refractivity contribution in [1.29, 1.82) is 0 Å². The van der Waals surface area contributed by atoms with Crippen LogP contribution in [0.25, 0.3) is 0 Å². The lowest BCUT2D eigenvalue weighted by molar-refractivity contribution is -0.178. The maximum atomic E-state index is 12.3. The molecule has 0 saturated carbocycles. The molecule has 8 nitrogen and oxygen atoms in total. The molecular formula is C21H35BN2O6. The van der Waals surface area contributed by atoms with Crippen LogP contribution >= 0.6 is 0 Å². The molecule has 30 heavy (non-hydrogen) atoms. The smallest absolute Gasteiger partial charge is 0.307 e. The minimum Gasteiger partial charge on any atom is -0.460 e. The van der Waals surface area contributed by atoms with E-state index in [1.807, 2.05) is 45.9 Å². The van der Waals surface area contributed by atoms with E-state index >= 15 is 0 Å². The molecule has 0 unspecified atom stereocenters. The average Bonchev–Trinajstić information content (AvgIpc) is 2.65. The van der Waals surface area contributed by atoms with Crippen molar-refractivity contribution < 1.29 is 29.4 Å². The molecule has 0 aliphatic heterocycles. The number of rotatable bonds is 14. The van der Waals surface area contributed by atoms with Gasteiger partial charge in [0, 0.05) is 19.1 Å². The van der Waals surface area contributed by atoms with Crippen LogP contribution in [0.1, 0.15) is 43.9 Å². The fourth-order valence-corrected chi connectivity index (χ4v) is 2.95. The Labute approximate surface area is 179 Å². The van der Waals surface area contributed by atoms with E-state index in [1.54, 1.807) is 0 Å². The summed E-state index contributed by atoms with van der Waals surface area (Å²) in [6.07, 6.45) is 1.49. The first-order chi connectivity index (χ1) is 14.2. The lowest BCUT2D eigenvalue weighted by Gasteiger charge is -2.23. The molecule has 0 bridgehead atoms. The molecule has 0 spiro atoms. The molecule has 1 atom stereocenters. The van der Waals surface area contributed by atoms with Gasteiger partial charge in [0.05, 0.1) is 32.4 Å². The molecule has 1 aromatic rings. The van der Waals surface area contributed by atoms with Gasteiger partial charge >= 0.3 is 5.97 Å². The average molecular weight is 422 g/mol. The van der Waals surface area contributed by atoms with Gasteiger partial charge in [0.1, 0.15) is 5.60 Å². The van der Waals surface area contributed by atoms with Crippen LogP contribution in [0.5, 0.6) is 0 Å². The fourth-order valence-electron chi connectivity index (χ4n) is 2.95. The van der Waals surface area contributed by atoms with E-state index in [2.05, 4.69) is 5.23 Å². The second-order valence-corrected chi connectivity index (χ2v) is 8.18. The number of benzene rings is 1. The Balaban J connectivity index is 2.83. The van der Waals surface area contributed by atoms with Crippen LogP contribution < -0.4 is 5.23 Å². The van der Waals surface area contributed by atoms with E-state index in [9.17, 15) is 9.59 Å². The number of aliphatic hydroxyl groups is 2. The van der Waals surface area contributed by atoms with Crippen molar-refractivity contribution in [2.45, 2.75) is 58.8 Å². The van der Waals surface area contributed by atoms with E-state index in [1.165, 1.54) is 5.06 Å². The largest absolute Gasteiger partial charge is 0.460 e. The van der Waals surface area contributed by atoms with Crippen LogP contribution in [0.2, 0.25) is 0 Å². The maximum Gasteiger partial charge on any atom is 0.307 e. The predicted octanol–water partition coefficient (Wildman–Crippen LogP) is 0.487. The number of carbonyl (C=O) groups excluding carboxylic acids is 2. The van der Waals surface area contributed by atoms with Crippen LogP contribution in [-0.4, -0.2) is 72.8 Å². The van der Waals surface area contributed by atoms with Gasteiger partial charge < -0.3 is 25.0 Å². The number of nitrogens with one attached hydrogen (secondary N) is 1. The Morgan fingerprint density at radius 3 is 2.50 bits per heavy atom. The molecule has 0 heterocycles. The van der Waals surface area contributed by atoms with E-state index in [4.69, 9.17) is 19.8 Å². The summed E-state index contributed by atoms with van der Waals surface area (Å²) >= 11 is 0. The van der Waals surface area contributed by atoms with Gasteiger partial charge in [0.25, 0.3) is 7.41 Å². The molecule has 0 fully saturated rings. The number of ether oxygens (including phenoxy) is 1. The second-order valence-electron chi connectivity index (χ2n) is 8.18. The Hall–Kier alpha value is -1.78. The van der Waals surface area contributed by atoms with E-state index in [-0.39, 0.29) is 39.1 Å². The molecule has 0 amide bonds. The molecule has 0 aliphatic carbocycles. The molecule has 1 rings (SSSR count). The third-order valence-corrected chi connectivity index (χ3v) is 4.32. The Bertz CT molecular complexity index is 659.